The summed E-state index contributed by atoms with van der Waals surface area (Å²) in [7, 11) is 0. The molecular weight excluding hydrogens is 328 g/mol. The lowest BCUT2D eigenvalue weighted by atomic mass is 10.3. The third-order valence-corrected chi connectivity index (χ3v) is 3.99. The van der Waals surface area contributed by atoms with Gasteiger partial charge in [0, 0.05) is 6.42 Å². The number of carbonyl (C=O) groups excluding carboxylic acids is 1. The molecule has 1 aromatic carbocycles. The van der Waals surface area contributed by atoms with E-state index in [0.29, 0.717) is 36.2 Å². The smallest absolute Gasteiger partial charge is 0.311 e. The van der Waals surface area contributed by atoms with E-state index in [4.69, 9.17) is 14.0 Å². The van der Waals surface area contributed by atoms with Gasteiger partial charge in [-0.1, -0.05) is 23.4 Å². The molecule has 0 atom stereocenters. The molecule has 24 heavy (non-hydrogen) atoms. The fraction of sp³-hybridized carbons (Fsp3) is 0.235. The van der Waals surface area contributed by atoms with Gasteiger partial charge in [-0.2, -0.15) is 4.98 Å². The number of para-hydroxylation sites is 2. The first kappa shape index (κ1) is 16.2. The highest BCUT2D eigenvalue weighted by Crippen LogP contribution is 2.27. The van der Waals surface area contributed by atoms with Gasteiger partial charge >= 0.3 is 5.97 Å². The Morgan fingerprint density at radius 3 is 2.79 bits per heavy atom. The maximum absolute atomic E-state index is 12.0. The molecule has 0 aliphatic heterocycles. The zero-order chi connectivity index (χ0) is 16.8. The molecule has 0 saturated heterocycles. The largest absolute Gasteiger partial charge is 0.490 e. The zero-order valence-electron chi connectivity index (χ0n) is 13.1. The van der Waals surface area contributed by atoms with Gasteiger partial charge in [-0.15, -0.1) is 11.3 Å². The Labute approximate surface area is 143 Å². The van der Waals surface area contributed by atoms with Crippen LogP contribution in [0.5, 0.6) is 11.5 Å². The molecule has 0 saturated carbocycles. The minimum Gasteiger partial charge on any atom is -0.490 e. The van der Waals surface area contributed by atoms with Gasteiger partial charge in [0.2, 0.25) is 11.7 Å². The van der Waals surface area contributed by atoms with Crippen molar-refractivity contribution in [3.63, 3.8) is 0 Å². The molecule has 0 amide bonds. The molecule has 0 N–H and O–H groups in total. The maximum atomic E-state index is 12.0. The predicted octanol–water partition coefficient (Wildman–Crippen LogP) is 3.74. The number of esters is 1. The van der Waals surface area contributed by atoms with Gasteiger partial charge in [-0.3, -0.25) is 4.79 Å². The van der Waals surface area contributed by atoms with E-state index in [1.54, 1.807) is 18.2 Å². The van der Waals surface area contributed by atoms with E-state index in [1.807, 2.05) is 30.5 Å². The number of hydrogen-bond acceptors (Lipinski definition) is 7. The van der Waals surface area contributed by atoms with Gasteiger partial charge in [0.1, 0.15) is 0 Å². The number of thiophene rings is 1. The van der Waals surface area contributed by atoms with E-state index in [-0.39, 0.29) is 12.4 Å². The van der Waals surface area contributed by atoms with Gasteiger partial charge in [-0.05, 0) is 30.5 Å². The zero-order valence-corrected chi connectivity index (χ0v) is 13.9. The van der Waals surface area contributed by atoms with E-state index in [1.165, 1.54) is 11.3 Å². The van der Waals surface area contributed by atoms with Crippen molar-refractivity contribution in [1.29, 1.82) is 0 Å². The highest BCUT2D eigenvalue weighted by atomic mass is 32.1. The van der Waals surface area contributed by atoms with E-state index < -0.39 is 0 Å². The Bertz CT molecular complexity index is 799. The van der Waals surface area contributed by atoms with Crippen molar-refractivity contribution >= 4 is 17.3 Å². The fourth-order valence-corrected chi connectivity index (χ4v) is 2.70. The molecule has 2 aromatic heterocycles. The molecule has 0 spiro atoms. The molecule has 3 rings (SSSR count). The first-order chi connectivity index (χ1) is 11.8. The Morgan fingerprint density at radius 1 is 1.21 bits per heavy atom. The van der Waals surface area contributed by atoms with Crippen LogP contribution in [-0.4, -0.2) is 22.7 Å². The number of ether oxygens (including phenoxy) is 2. The fourth-order valence-electron chi connectivity index (χ4n) is 2.05. The molecule has 0 fully saturated rings. The summed E-state index contributed by atoms with van der Waals surface area (Å²) in [4.78, 5) is 17.2. The Balaban J connectivity index is 1.56. The van der Waals surface area contributed by atoms with Crippen LogP contribution in [0.2, 0.25) is 0 Å². The van der Waals surface area contributed by atoms with Crippen LogP contribution < -0.4 is 9.47 Å². The molecule has 6 nitrogen and oxygen atoms in total. The second-order valence-electron chi connectivity index (χ2n) is 4.84. The summed E-state index contributed by atoms with van der Waals surface area (Å²) in [5, 5.41) is 5.85. The highest BCUT2D eigenvalue weighted by molar-refractivity contribution is 7.13. The normalized spacial score (nSPS) is 10.5. The summed E-state index contributed by atoms with van der Waals surface area (Å²) in [6.07, 6.45) is 0.473. The van der Waals surface area contributed by atoms with Gasteiger partial charge in [0.15, 0.2) is 11.5 Å². The second-order valence-corrected chi connectivity index (χ2v) is 5.79. The van der Waals surface area contributed by atoms with E-state index >= 15 is 0 Å². The number of rotatable bonds is 7. The molecule has 3 aromatic rings. The SMILES string of the molecule is CCOc1ccccc1OC(=O)CCc1nc(-c2cccs2)no1. The van der Waals surface area contributed by atoms with Gasteiger partial charge in [0.25, 0.3) is 0 Å². The molecule has 2 heterocycles. The van der Waals surface area contributed by atoms with Crippen molar-refractivity contribution < 1.29 is 18.8 Å². The Kier molecular flexibility index (Phi) is 5.22. The van der Waals surface area contributed by atoms with Crippen molar-refractivity contribution in [1.82, 2.24) is 10.1 Å². The summed E-state index contributed by atoms with van der Waals surface area (Å²) in [5.74, 6) is 1.53. The van der Waals surface area contributed by atoms with Crippen LogP contribution in [0.4, 0.5) is 0 Å². The third kappa shape index (κ3) is 3.99. The molecule has 0 aliphatic rings. The maximum Gasteiger partial charge on any atom is 0.311 e. The number of benzene rings is 1. The first-order valence-electron chi connectivity index (χ1n) is 7.55. The average Bonchev–Trinajstić information content (AvgIpc) is 3.26. The minimum absolute atomic E-state index is 0.145. The van der Waals surface area contributed by atoms with Crippen LogP contribution in [0.15, 0.2) is 46.3 Å². The Morgan fingerprint density at radius 2 is 2.04 bits per heavy atom. The topological polar surface area (TPSA) is 74.5 Å². The summed E-state index contributed by atoms with van der Waals surface area (Å²) < 4.78 is 15.9. The number of carbonyl (C=O) groups is 1. The molecular formula is C17H16N2O4S. The quantitative estimate of drug-likeness (QED) is 0.480. The average molecular weight is 344 g/mol. The number of hydrogen-bond donors (Lipinski definition) is 0. The predicted molar refractivity (Wildman–Crippen MR) is 89.2 cm³/mol. The molecule has 0 radical (unpaired) electrons. The number of aromatic nitrogens is 2. The van der Waals surface area contributed by atoms with Crippen molar-refractivity contribution in [2.75, 3.05) is 6.61 Å². The summed E-state index contributed by atoms with van der Waals surface area (Å²) in [6.45, 7) is 2.38. The van der Waals surface area contributed by atoms with Crippen molar-refractivity contribution in [2.45, 2.75) is 19.8 Å². The van der Waals surface area contributed by atoms with Crippen molar-refractivity contribution in [2.24, 2.45) is 0 Å². The lowest BCUT2D eigenvalue weighted by Gasteiger charge is -2.09. The summed E-state index contributed by atoms with van der Waals surface area (Å²) >= 11 is 1.53. The van der Waals surface area contributed by atoms with Crippen molar-refractivity contribution in [3.05, 3.63) is 47.7 Å². The molecule has 7 heteroatoms. The summed E-state index contributed by atoms with van der Waals surface area (Å²) in [6, 6.07) is 10.9. The monoisotopic (exact) mass is 344 g/mol. The van der Waals surface area contributed by atoms with Gasteiger partial charge < -0.3 is 14.0 Å². The van der Waals surface area contributed by atoms with Crippen molar-refractivity contribution in [3.8, 4) is 22.2 Å². The molecule has 124 valence electrons. The van der Waals surface area contributed by atoms with E-state index in [0.717, 1.165) is 4.88 Å². The number of nitrogens with zero attached hydrogens (tertiary/aromatic N) is 2. The van der Waals surface area contributed by atoms with Crippen LogP contribution >= 0.6 is 11.3 Å². The second kappa shape index (κ2) is 7.74. The third-order valence-electron chi connectivity index (χ3n) is 3.13. The van der Waals surface area contributed by atoms with Crippen LogP contribution in [0.1, 0.15) is 19.2 Å². The molecule has 0 unspecified atom stereocenters. The van der Waals surface area contributed by atoms with Crippen LogP contribution in [-0.2, 0) is 11.2 Å². The molecule has 0 aliphatic carbocycles. The lowest BCUT2D eigenvalue weighted by molar-refractivity contribution is -0.134. The van der Waals surface area contributed by atoms with Gasteiger partial charge in [-0.25, -0.2) is 0 Å². The number of aryl methyl sites for hydroxylation is 1. The first-order valence-corrected chi connectivity index (χ1v) is 8.43. The van der Waals surface area contributed by atoms with Crippen LogP contribution in [0, 0.1) is 0 Å². The van der Waals surface area contributed by atoms with Crippen LogP contribution in [0.3, 0.4) is 0 Å². The van der Waals surface area contributed by atoms with E-state index in [2.05, 4.69) is 10.1 Å². The lowest BCUT2D eigenvalue weighted by Crippen LogP contribution is -2.10. The minimum atomic E-state index is -0.377. The van der Waals surface area contributed by atoms with Gasteiger partial charge in [0.05, 0.1) is 17.9 Å². The summed E-state index contributed by atoms with van der Waals surface area (Å²) in [5.41, 5.74) is 0. The highest BCUT2D eigenvalue weighted by Gasteiger charge is 2.14. The van der Waals surface area contributed by atoms with Crippen LogP contribution in [0.25, 0.3) is 10.7 Å². The molecule has 0 bridgehead atoms. The Hall–Kier alpha value is -2.67. The standard InChI is InChI=1S/C17H16N2O4S/c1-2-21-12-6-3-4-7-13(12)22-16(20)10-9-15-18-17(19-23-15)14-8-5-11-24-14/h3-8,11H,2,9-10H2,1H3. The van der Waals surface area contributed by atoms with E-state index in [9.17, 15) is 4.79 Å².